The molecule has 0 radical (unpaired) electrons. The minimum atomic E-state index is -0.00963. The number of hydrogen-bond acceptors (Lipinski definition) is 2. The smallest absolute Gasteiger partial charge is 0.315 e. The van der Waals surface area contributed by atoms with Gasteiger partial charge < -0.3 is 4.90 Å². The van der Waals surface area contributed by atoms with Crippen LogP contribution in [0.3, 0.4) is 0 Å². The van der Waals surface area contributed by atoms with E-state index in [2.05, 4.69) is 39.5 Å². The zero-order chi connectivity index (χ0) is 14.8. The zero-order valence-corrected chi connectivity index (χ0v) is 13.6. The van der Waals surface area contributed by atoms with Gasteiger partial charge in [-0.1, -0.05) is 40.1 Å². The SMILES string of the molecule is CC.CC1=NB(CC(=O)C2(C)CC2)C(C)=C1C(C)C. The lowest BCUT2D eigenvalue weighted by Crippen LogP contribution is -2.21. The first-order chi connectivity index (χ1) is 8.85. The first-order valence-electron chi connectivity index (χ1n) is 7.64. The lowest BCUT2D eigenvalue weighted by Gasteiger charge is -2.11. The average Bonchev–Trinajstić information content (AvgIpc) is 3.03. The second-order valence-corrected chi connectivity index (χ2v) is 6.17. The molecule has 0 N–H and O–H groups in total. The largest absolute Gasteiger partial charge is 0.339 e. The Morgan fingerprint density at radius 3 is 2.21 bits per heavy atom. The number of carbonyl (C=O) groups is 1. The summed E-state index contributed by atoms with van der Waals surface area (Å²) in [5.41, 5.74) is 3.81. The summed E-state index contributed by atoms with van der Waals surface area (Å²) in [6.45, 7) is 14.8. The maximum atomic E-state index is 12.1. The van der Waals surface area contributed by atoms with Crippen LogP contribution in [0.4, 0.5) is 0 Å². The second kappa shape index (κ2) is 6.07. The van der Waals surface area contributed by atoms with Crippen molar-refractivity contribution in [3.63, 3.8) is 0 Å². The van der Waals surface area contributed by atoms with Crippen molar-refractivity contribution >= 4 is 18.3 Å². The Kier molecular flexibility index (Phi) is 5.17. The van der Waals surface area contributed by atoms with Gasteiger partial charge in [-0.2, -0.15) is 0 Å². The number of allylic oxidation sites excluding steroid dienone is 2. The van der Waals surface area contributed by atoms with E-state index in [0.29, 0.717) is 18.0 Å². The first-order valence-corrected chi connectivity index (χ1v) is 7.64. The van der Waals surface area contributed by atoms with Crippen LogP contribution in [0.5, 0.6) is 0 Å². The Bertz CT molecular complexity index is 416. The Morgan fingerprint density at radius 2 is 1.84 bits per heavy atom. The molecule has 0 atom stereocenters. The van der Waals surface area contributed by atoms with Crippen LogP contribution in [0.15, 0.2) is 15.9 Å². The number of Topliss-reactive ketones (excluding diaryl/α,β-unsaturated/α-hetero) is 1. The molecule has 19 heavy (non-hydrogen) atoms. The van der Waals surface area contributed by atoms with Crippen molar-refractivity contribution in [1.82, 2.24) is 0 Å². The van der Waals surface area contributed by atoms with Gasteiger partial charge in [-0.3, -0.25) is 4.79 Å². The third-order valence-corrected chi connectivity index (χ3v) is 4.29. The molecule has 1 heterocycles. The Balaban J connectivity index is 0.000000861. The molecule has 0 spiro atoms. The minimum absolute atomic E-state index is 0.00963. The molecule has 0 bridgehead atoms. The summed E-state index contributed by atoms with van der Waals surface area (Å²) < 4.78 is 0. The maximum absolute atomic E-state index is 12.1. The highest BCUT2D eigenvalue weighted by Gasteiger charge is 2.46. The highest BCUT2D eigenvalue weighted by Crippen LogP contribution is 2.47. The normalized spacial score (nSPS) is 20.2. The van der Waals surface area contributed by atoms with E-state index in [0.717, 1.165) is 18.6 Å². The lowest BCUT2D eigenvalue weighted by atomic mass is 9.52. The molecule has 0 aromatic heterocycles. The molecule has 0 aromatic rings. The molecule has 1 fully saturated rings. The van der Waals surface area contributed by atoms with Gasteiger partial charge in [-0.25, -0.2) is 0 Å². The van der Waals surface area contributed by atoms with Crippen LogP contribution in [-0.4, -0.2) is 18.3 Å². The summed E-state index contributed by atoms with van der Waals surface area (Å²) in [6, 6.07) is 0. The minimum Gasteiger partial charge on any atom is -0.339 e. The fraction of sp³-hybridized carbons (Fsp3) is 0.750. The molecular weight excluding hydrogens is 233 g/mol. The van der Waals surface area contributed by atoms with Gasteiger partial charge in [0.05, 0.1) is 0 Å². The molecule has 2 rings (SSSR count). The molecule has 0 unspecified atom stereocenters. The number of nitrogens with zero attached hydrogens (tertiary/aromatic N) is 1. The molecule has 2 nitrogen and oxygen atoms in total. The van der Waals surface area contributed by atoms with E-state index < -0.39 is 0 Å². The fourth-order valence-electron chi connectivity index (χ4n) is 2.83. The van der Waals surface area contributed by atoms with Crippen LogP contribution in [0.25, 0.3) is 0 Å². The molecule has 0 saturated heterocycles. The van der Waals surface area contributed by atoms with Crippen LogP contribution < -0.4 is 0 Å². The van der Waals surface area contributed by atoms with Crippen molar-refractivity contribution in [2.75, 3.05) is 0 Å². The highest BCUT2D eigenvalue weighted by atomic mass is 16.1. The van der Waals surface area contributed by atoms with E-state index in [1.165, 1.54) is 11.0 Å². The van der Waals surface area contributed by atoms with Crippen LogP contribution in [0.2, 0.25) is 6.32 Å². The maximum Gasteiger partial charge on any atom is 0.315 e. The van der Waals surface area contributed by atoms with E-state index in [-0.39, 0.29) is 12.3 Å². The van der Waals surface area contributed by atoms with Gasteiger partial charge >= 0.3 is 6.85 Å². The first kappa shape index (κ1) is 16.2. The van der Waals surface area contributed by atoms with Gasteiger partial charge in [0.25, 0.3) is 0 Å². The van der Waals surface area contributed by atoms with Crippen LogP contribution in [0.1, 0.15) is 61.3 Å². The van der Waals surface area contributed by atoms with E-state index in [4.69, 9.17) is 0 Å². The predicted molar refractivity (Wildman–Crippen MR) is 84.9 cm³/mol. The van der Waals surface area contributed by atoms with E-state index in [1.54, 1.807) is 0 Å². The quantitative estimate of drug-likeness (QED) is 0.691. The topological polar surface area (TPSA) is 29.4 Å². The van der Waals surface area contributed by atoms with Crippen molar-refractivity contribution in [2.45, 2.75) is 67.6 Å². The van der Waals surface area contributed by atoms with Crippen molar-refractivity contribution < 1.29 is 4.79 Å². The van der Waals surface area contributed by atoms with Crippen LogP contribution in [0, 0.1) is 11.3 Å². The molecule has 1 aliphatic heterocycles. The lowest BCUT2D eigenvalue weighted by molar-refractivity contribution is -0.121. The molecule has 0 amide bonds. The number of hydrogen-bond donors (Lipinski definition) is 0. The van der Waals surface area contributed by atoms with Gasteiger partial charge in [0.1, 0.15) is 5.78 Å². The van der Waals surface area contributed by atoms with Crippen LogP contribution >= 0.6 is 0 Å². The molecule has 1 saturated carbocycles. The van der Waals surface area contributed by atoms with Gasteiger partial charge in [-0.15, -0.1) is 0 Å². The molecule has 2 aliphatic rings. The van der Waals surface area contributed by atoms with Gasteiger partial charge in [-0.05, 0) is 38.2 Å². The third kappa shape index (κ3) is 3.37. The van der Waals surface area contributed by atoms with Gasteiger partial charge in [0.2, 0.25) is 0 Å². The molecule has 106 valence electrons. The third-order valence-electron chi connectivity index (χ3n) is 4.29. The summed E-state index contributed by atoms with van der Waals surface area (Å²) in [5, 5.41) is 0. The Morgan fingerprint density at radius 1 is 1.32 bits per heavy atom. The summed E-state index contributed by atoms with van der Waals surface area (Å²) in [5.74, 6) is 0.916. The Hall–Kier alpha value is -0.855. The molecule has 1 aliphatic carbocycles. The van der Waals surface area contributed by atoms with Gasteiger partial charge in [0.15, 0.2) is 0 Å². The summed E-state index contributed by atoms with van der Waals surface area (Å²) >= 11 is 0. The van der Waals surface area contributed by atoms with E-state index in [1.807, 2.05) is 13.8 Å². The molecular formula is C16H28BNO. The second-order valence-electron chi connectivity index (χ2n) is 6.17. The fourth-order valence-corrected chi connectivity index (χ4v) is 2.83. The predicted octanol–water partition coefficient (Wildman–Crippen LogP) is 4.36. The van der Waals surface area contributed by atoms with Crippen molar-refractivity contribution in [3.05, 3.63) is 11.0 Å². The Labute approximate surface area is 118 Å². The summed E-state index contributed by atoms with van der Waals surface area (Å²) in [4.78, 5) is 16.8. The number of ketones is 1. The standard InChI is InChI=1S/C14H22BNO.C2H6/c1-9(2)13-10(3)15(16-11(13)4)8-12(17)14(5)6-7-14;1-2/h9H,6-8H2,1-5H3;1-2H3. The highest BCUT2D eigenvalue weighted by molar-refractivity contribution is 6.72. The zero-order valence-electron chi connectivity index (χ0n) is 13.6. The molecule has 3 heteroatoms. The monoisotopic (exact) mass is 261 g/mol. The van der Waals surface area contributed by atoms with Crippen molar-refractivity contribution in [3.8, 4) is 0 Å². The van der Waals surface area contributed by atoms with Gasteiger partial charge in [0, 0.05) is 17.4 Å². The summed E-state index contributed by atoms with van der Waals surface area (Å²) in [6.07, 6.45) is 2.75. The summed E-state index contributed by atoms with van der Waals surface area (Å²) in [7, 11) is 0. The average molecular weight is 261 g/mol. The van der Waals surface area contributed by atoms with E-state index in [9.17, 15) is 4.79 Å². The number of carbonyl (C=O) groups excluding carboxylic acids is 1. The van der Waals surface area contributed by atoms with E-state index >= 15 is 0 Å². The van der Waals surface area contributed by atoms with Crippen molar-refractivity contribution in [1.29, 1.82) is 0 Å². The number of rotatable bonds is 4. The van der Waals surface area contributed by atoms with Crippen molar-refractivity contribution in [2.24, 2.45) is 16.2 Å². The molecule has 0 aromatic carbocycles. The van der Waals surface area contributed by atoms with Crippen LogP contribution in [-0.2, 0) is 4.79 Å².